The summed E-state index contributed by atoms with van der Waals surface area (Å²) in [7, 11) is 0. The zero-order chi connectivity index (χ0) is 19.8. The van der Waals surface area contributed by atoms with Crippen molar-refractivity contribution in [2.24, 2.45) is 5.92 Å². The predicted octanol–water partition coefficient (Wildman–Crippen LogP) is 3.26. The Morgan fingerprint density at radius 2 is 1.70 bits per heavy atom. The highest BCUT2D eigenvalue weighted by molar-refractivity contribution is 5.77. The minimum Gasteiger partial charge on any atom is -0.490 e. The molecular formula is C21H33N3O3. The van der Waals surface area contributed by atoms with Crippen molar-refractivity contribution < 1.29 is 14.3 Å². The van der Waals surface area contributed by atoms with E-state index in [2.05, 4.69) is 12.2 Å². The largest absolute Gasteiger partial charge is 0.490 e. The number of nitrogens with zero attached hydrogens (tertiary/aromatic N) is 2. The topological polar surface area (TPSA) is 61.9 Å². The van der Waals surface area contributed by atoms with Gasteiger partial charge in [0.2, 0.25) is 5.91 Å². The Hall–Kier alpha value is -2.24. The lowest BCUT2D eigenvalue weighted by atomic mass is 10.1. The summed E-state index contributed by atoms with van der Waals surface area (Å²) in [6, 6.07) is 7.71. The lowest BCUT2D eigenvalue weighted by Gasteiger charge is -2.35. The summed E-state index contributed by atoms with van der Waals surface area (Å²) in [5, 5.41) is 2.98. The van der Waals surface area contributed by atoms with Gasteiger partial charge in [-0.05, 0) is 25.3 Å². The normalized spacial score (nSPS) is 15.6. The SMILES string of the molecule is CC[C@H](C)Oc1ccccc1CNC(=O)N1CCN(C(=O)CC(C)C)CC1. The summed E-state index contributed by atoms with van der Waals surface area (Å²) >= 11 is 0. The molecule has 1 aliphatic heterocycles. The van der Waals surface area contributed by atoms with Crippen LogP contribution in [0.5, 0.6) is 5.75 Å². The van der Waals surface area contributed by atoms with Gasteiger partial charge >= 0.3 is 6.03 Å². The molecule has 0 radical (unpaired) electrons. The van der Waals surface area contributed by atoms with Gasteiger partial charge in [-0.3, -0.25) is 4.79 Å². The van der Waals surface area contributed by atoms with Crippen molar-refractivity contribution in [3.8, 4) is 5.75 Å². The van der Waals surface area contributed by atoms with Crippen LogP contribution in [0.3, 0.4) is 0 Å². The Morgan fingerprint density at radius 1 is 1.07 bits per heavy atom. The fraction of sp³-hybridized carbons (Fsp3) is 0.619. The molecule has 2 rings (SSSR count). The van der Waals surface area contributed by atoms with Crippen LogP contribution in [0, 0.1) is 5.92 Å². The summed E-state index contributed by atoms with van der Waals surface area (Å²) in [6.45, 7) is 11.0. The third-order valence-corrected chi connectivity index (χ3v) is 4.81. The average molecular weight is 376 g/mol. The standard InChI is InChI=1S/C21H33N3O3/c1-5-17(4)27-19-9-7-6-8-18(19)15-22-21(26)24-12-10-23(11-13-24)20(25)14-16(2)3/h6-9,16-17H,5,10-15H2,1-4H3,(H,22,26)/t17-/m0/s1. The molecule has 6 heteroatoms. The van der Waals surface area contributed by atoms with Crippen molar-refractivity contribution in [2.75, 3.05) is 26.2 Å². The molecule has 0 aliphatic carbocycles. The summed E-state index contributed by atoms with van der Waals surface area (Å²) in [5.74, 6) is 1.36. The molecular weight excluding hydrogens is 342 g/mol. The molecule has 1 fully saturated rings. The molecule has 1 N–H and O–H groups in total. The number of amides is 3. The van der Waals surface area contributed by atoms with Gasteiger partial charge in [0, 0.05) is 44.7 Å². The molecule has 1 aliphatic rings. The zero-order valence-corrected chi connectivity index (χ0v) is 17.0. The van der Waals surface area contributed by atoms with E-state index in [0.717, 1.165) is 17.7 Å². The molecule has 27 heavy (non-hydrogen) atoms. The number of ether oxygens (including phenoxy) is 1. The zero-order valence-electron chi connectivity index (χ0n) is 17.0. The lowest BCUT2D eigenvalue weighted by molar-refractivity contribution is -0.133. The van der Waals surface area contributed by atoms with Crippen LogP contribution in [0.15, 0.2) is 24.3 Å². The van der Waals surface area contributed by atoms with Gasteiger partial charge in [0.25, 0.3) is 0 Å². The minimum absolute atomic E-state index is 0.0932. The van der Waals surface area contributed by atoms with E-state index in [1.807, 2.05) is 49.9 Å². The summed E-state index contributed by atoms with van der Waals surface area (Å²) in [5.41, 5.74) is 0.969. The fourth-order valence-corrected chi connectivity index (χ4v) is 2.98. The van der Waals surface area contributed by atoms with Crippen LogP contribution in [0.4, 0.5) is 4.79 Å². The van der Waals surface area contributed by atoms with E-state index in [1.54, 1.807) is 4.90 Å². The van der Waals surface area contributed by atoms with Gasteiger partial charge in [-0.25, -0.2) is 4.79 Å². The van der Waals surface area contributed by atoms with E-state index >= 15 is 0 Å². The van der Waals surface area contributed by atoms with Crippen LogP contribution >= 0.6 is 0 Å². The van der Waals surface area contributed by atoms with Crippen LogP contribution in [0.1, 0.15) is 46.1 Å². The Labute approximate surface area is 162 Å². The van der Waals surface area contributed by atoms with Gasteiger partial charge in [-0.2, -0.15) is 0 Å². The molecule has 3 amide bonds. The summed E-state index contributed by atoms with van der Waals surface area (Å²) < 4.78 is 5.94. The number of urea groups is 1. The highest BCUT2D eigenvalue weighted by Crippen LogP contribution is 2.20. The van der Waals surface area contributed by atoms with Crippen molar-refractivity contribution >= 4 is 11.9 Å². The number of carbonyl (C=O) groups is 2. The Balaban J connectivity index is 1.83. The number of rotatable bonds is 7. The molecule has 6 nitrogen and oxygen atoms in total. The van der Waals surface area contributed by atoms with Gasteiger partial charge in [0.1, 0.15) is 5.75 Å². The number of benzene rings is 1. The fourth-order valence-electron chi connectivity index (χ4n) is 2.98. The van der Waals surface area contributed by atoms with Crippen molar-refractivity contribution in [3.05, 3.63) is 29.8 Å². The predicted molar refractivity (Wildman–Crippen MR) is 107 cm³/mol. The van der Waals surface area contributed by atoms with Gasteiger partial charge in [-0.15, -0.1) is 0 Å². The van der Waals surface area contributed by atoms with Crippen LogP contribution in [0.25, 0.3) is 0 Å². The van der Waals surface area contributed by atoms with Crippen LogP contribution in [-0.4, -0.2) is 54.0 Å². The van der Waals surface area contributed by atoms with E-state index in [0.29, 0.717) is 45.1 Å². The average Bonchev–Trinajstić information content (AvgIpc) is 2.66. The molecule has 1 atom stereocenters. The maximum Gasteiger partial charge on any atom is 0.317 e. The van der Waals surface area contributed by atoms with Crippen LogP contribution in [0.2, 0.25) is 0 Å². The quantitative estimate of drug-likeness (QED) is 0.796. The lowest BCUT2D eigenvalue weighted by Crippen LogP contribution is -2.53. The monoisotopic (exact) mass is 375 g/mol. The number of carbonyl (C=O) groups excluding carboxylic acids is 2. The molecule has 0 bridgehead atoms. The smallest absolute Gasteiger partial charge is 0.317 e. The third-order valence-electron chi connectivity index (χ3n) is 4.81. The Kier molecular flexibility index (Phi) is 7.95. The first-order valence-electron chi connectivity index (χ1n) is 9.95. The number of hydrogen-bond donors (Lipinski definition) is 1. The molecule has 1 aromatic carbocycles. The first kappa shape index (κ1) is 21.1. The van der Waals surface area contributed by atoms with Crippen molar-refractivity contribution in [1.29, 1.82) is 0 Å². The number of para-hydroxylation sites is 1. The molecule has 0 spiro atoms. The minimum atomic E-state index is -0.0932. The molecule has 1 saturated heterocycles. The van der Waals surface area contributed by atoms with Gasteiger partial charge in [0.15, 0.2) is 0 Å². The molecule has 0 saturated carbocycles. The molecule has 0 unspecified atom stereocenters. The highest BCUT2D eigenvalue weighted by atomic mass is 16.5. The van der Waals surface area contributed by atoms with Crippen LogP contribution in [-0.2, 0) is 11.3 Å². The van der Waals surface area contributed by atoms with Crippen molar-refractivity contribution in [2.45, 2.75) is 53.2 Å². The van der Waals surface area contributed by atoms with Gasteiger partial charge in [0.05, 0.1) is 6.10 Å². The third kappa shape index (κ3) is 6.45. The number of hydrogen-bond acceptors (Lipinski definition) is 3. The van der Waals surface area contributed by atoms with Gasteiger partial charge < -0.3 is 19.9 Å². The Bertz CT molecular complexity index is 625. The second-order valence-corrected chi connectivity index (χ2v) is 7.57. The van der Waals surface area contributed by atoms with E-state index in [4.69, 9.17) is 4.74 Å². The first-order chi connectivity index (χ1) is 12.9. The second-order valence-electron chi connectivity index (χ2n) is 7.57. The molecule has 1 heterocycles. The second kappa shape index (κ2) is 10.2. The number of nitrogens with one attached hydrogen (secondary N) is 1. The van der Waals surface area contributed by atoms with Gasteiger partial charge in [-0.1, -0.05) is 39.0 Å². The highest BCUT2D eigenvalue weighted by Gasteiger charge is 2.24. The van der Waals surface area contributed by atoms with Crippen molar-refractivity contribution in [3.63, 3.8) is 0 Å². The van der Waals surface area contributed by atoms with E-state index in [-0.39, 0.29) is 18.0 Å². The van der Waals surface area contributed by atoms with E-state index in [9.17, 15) is 9.59 Å². The van der Waals surface area contributed by atoms with Crippen molar-refractivity contribution in [1.82, 2.24) is 15.1 Å². The van der Waals surface area contributed by atoms with E-state index < -0.39 is 0 Å². The summed E-state index contributed by atoms with van der Waals surface area (Å²) in [6.07, 6.45) is 1.64. The number of piperazine rings is 1. The molecule has 0 aromatic heterocycles. The van der Waals surface area contributed by atoms with Crippen LogP contribution < -0.4 is 10.1 Å². The maximum atomic E-state index is 12.5. The first-order valence-corrected chi connectivity index (χ1v) is 9.95. The molecule has 150 valence electrons. The maximum absolute atomic E-state index is 12.5. The Morgan fingerprint density at radius 3 is 2.33 bits per heavy atom. The summed E-state index contributed by atoms with van der Waals surface area (Å²) in [4.78, 5) is 28.3. The van der Waals surface area contributed by atoms with E-state index in [1.165, 1.54) is 0 Å². The molecule has 1 aromatic rings.